The zero-order valence-electron chi connectivity index (χ0n) is 10.4. The molecule has 118 valence electrons. The molecule has 22 heavy (non-hydrogen) atoms. The Hall–Kier alpha value is -2.30. The van der Waals surface area contributed by atoms with Gasteiger partial charge in [-0.05, 0) is 0 Å². The van der Waals surface area contributed by atoms with E-state index in [1.165, 1.54) is 0 Å². The van der Waals surface area contributed by atoms with Crippen LogP contribution < -0.4 is 0 Å². The molecule has 0 spiro atoms. The number of nitrogens with zero attached hydrogens (tertiary/aromatic N) is 4. The highest BCUT2D eigenvalue weighted by Crippen LogP contribution is 2.38. The molecule has 0 aliphatic carbocycles. The van der Waals surface area contributed by atoms with Gasteiger partial charge in [0.15, 0.2) is 11.4 Å². The molecule has 0 atom stereocenters. The van der Waals surface area contributed by atoms with Crippen LogP contribution in [-0.2, 0) is 12.4 Å². The SMILES string of the molecule is OC(c1cncnc1C(F)(F)F)c1cncnc1C(F)(F)F. The van der Waals surface area contributed by atoms with Crippen molar-refractivity contribution in [3.8, 4) is 0 Å². The molecule has 11 heteroatoms. The molecule has 0 aliphatic heterocycles. The second-order valence-corrected chi connectivity index (χ2v) is 4.05. The summed E-state index contributed by atoms with van der Waals surface area (Å²) < 4.78 is 76.8. The predicted molar refractivity (Wildman–Crippen MR) is 58.1 cm³/mol. The number of hydrogen-bond donors (Lipinski definition) is 1. The Balaban J connectivity index is 2.58. The van der Waals surface area contributed by atoms with E-state index in [-0.39, 0.29) is 0 Å². The fraction of sp³-hybridized carbons (Fsp3) is 0.273. The summed E-state index contributed by atoms with van der Waals surface area (Å²) in [5.74, 6) is 0. The first kappa shape index (κ1) is 16.1. The minimum absolute atomic E-state index is 0.575. The Kier molecular flexibility index (Phi) is 4.00. The van der Waals surface area contributed by atoms with Crippen LogP contribution in [0.1, 0.15) is 28.6 Å². The van der Waals surface area contributed by atoms with Crippen molar-refractivity contribution in [1.29, 1.82) is 0 Å². The van der Waals surface area contributed by atoms with Crippen LogP contribution in [0.3, 0.4) is 0 Å². The minimum Gasteiger partial charge on any atom is -0.383 e. The van der Waals surface area contributed by atoms with Crippen molar-refractivity contribution in [2.24, 2.45) is 0 Å². The first-order valence-electron chi connectivity index (χ1n) is 5.54. The molecule has 2 heterocycles. The molecule has 2 aromatic heterocycles. The van der Waals surface area contributed by atoms with Crippen LogP contribution in [-0.4, -0.2) is 25.0 Å². The maximum Gasteiger partial charge on any atom is 0.433 e. The van der Waals surface area contributed by atoms with Crippen molar-refractivity contribution in [2.45, 2.75) is 18.5 Å². The largest absolute Gasteiger partial charge is 0.433 e. The lowest BCUT2D eigenvalue weighted by atomic mass is 10.0. The van der Waals surface area contributed by atoms with Crippen LogP contribution >= 0.6 is 0 Å². The molecule has 0 saturated heterocycles. The van der Waals surface area contributed by atoms with E-state index < -0.39 is 41.0 Å². The van der Waals surface area contributed by atoms with Crippen LogP contribution in [0.5, 0.6) is 0 Å². The number of alkyl halides is 6. The normalized spacial score (nSPS) is 12.7. The van der Waals surface area contributed by atoms with Gasteiger partial charge in [-0.3, -0.25) is 0 Å². The minimum atomic E-state index is -4.96. The number of rotatable bonds is 2. The Morgan fingerprint density at radius 3 is 1.45 bits per heavy atom. The molecule has 1 N–H and O–H groups in total. The zero-order valence-corrected chi connectivity index (χ0v) is 10.4. The number of aliphatic hydroxyl groups excluding tert-OH is 1. The standard InChI is InChI=1S/C11H6F6N4O/c12-10(13,14)8-5(1-18-3-20-8)7(22)6-2-19-4-21-9(6)11(15,16)17/h1-4,7,22H. The molecule has 0 radical (unpaired) electrons. The Morgan fingerprint density at radius 2 is 1.14 bits per heavy atom. The third-order valence-electron chi connectivity index (χ3n) is 2.61. The highest BCUT2D eigenvalue weighted by Gasteiger charge is 2.41. The van der Waals surface area contributed by atoms with E-state index in [1.54, 1.807) is 0 Å². The van der Waals surface area contributed by atoms with Gasteiger partial charge in [0.25, 0.3) is 0 Å². The average molecular weight is 324 g/mol. The first-order valence-corrected chi connectivity index (χ1v) is 5.54. The van der Waals surface area contributed by atoms with Crippen molar-refractivity contribution < 1.29 is 31.4 Å². The summed E-state index contributed by atoms with van der Waals surface area (Å²) in [5.41, 5.74) is -4.91. The Labute approximate surface area is 118 Å². The van der Waals surface area contributed by atoms with Crippen molar-refractivity contribution in [3.63, 3.8) is 0 Å². The Bertz CT molecular complexity index is 615. The summed E-state index contributed by atoms with van der Waals surface area (Å²) in [4.78, 5) is 12.5. The maximum absolute atomic E-state index is 12.8. The van der Waals surface area contributed by atoms with Crippen molar-refractivity contribution >= 4 is 0 Å². The molecular weight excluding hydrogens is 318 g/mol. The smallest absolute Gasteiger partial charge is 0.383 e. The lowest BCUT2D eigenvalue weighted by Crippen LogP contribution is -2.19. The molecule has 0 aromatic carbocycles. The molecule has 2 rings (SSSR count). The summed E-state index contributed by atoms with van der Waals surface area (Å²) >= 11 is 0. The molecule has 2 aromatic rings. The number of halogens is 6. The Morgan fingerprint density at radius 1 is 0.773 bits per heavy atom. The quantitative estimate of drug-likeness (QED) is 0.859. The van der Waals surface area contributed by atoms with E-state index in [2.05, 4.69) is 19.9 Å². The van der Waals surface area contributed by atoms with Gasteiger partial charge in [-0.2, -0.15) is 26.3 Å². The topological polar surface area (TPSA) is 71.8 Å². The number of aliphatic hydroxyl groups is 1. The molecule has 0 aliphatic rings. The molecule has 0 amide bonds. The second-order valence-electron chi connectivity index (χ2n) is 4.05. The molecular formula is C11H6F6N4O. The highest BCUT2D eigenvalue weighted by molar-refractivity contribution is 5.33. The van der Waals surface area contributed by atoms with Gasteiger partial charge in [0.1, 0.15) is 18.8 Å². The van der Waals surface area contributed by atoms with Crippen LogP contribution in [0.25, 0.3) is 0 Å². The van der Waals surface area contributed by atoms with E-state index in [9.17, 15) is 31.4 Å². The summed E-state index contributed by atoms with van der Waals surface area (Å²) in [6.07, 6.45) is -9.88. The second kappa shape index (κ2) is 5.48. The summed E-state index contributed by atoms with van der Waals surface area (Å²) in [7, 11) is 0. The fourth-order valence-corrected chi connectivity index (χ4v) is 1.72. The van der Waals surface area contributed by atoms with Gasteiger partial charge in [0.2, 0.25) is 0 Å². The van der Waals surface area contributed by atoms with Gasteiger partial charge in [-0.15, -0.1) is 0 Å². The van der Waals surface area contributed by atoms with Crippen LogP contribution in [0.15, 0.2) is 25.0 Å². The molecule has 0 unspecified atom stereocenters. The van der Waals surface area contributed by atoms with Crippen molar-refractivity contribution in [3.05, 3.63) is 47.6 Å². The van der Waals surface area contributed by atoms with Gasteiger partial charge >= 0.3 is 12.4 Å². The summed E-state index contributed by atoms with van der Waals surface area (Å²) in [6.45, 7) is 0. The third-order valence-corrected chi connectivity index (χ3v) is 2.61. The highest BCUT2D eigenvalue weighted by atomic mass is 19.4. The average Bonchev–Trinajstić information content (AvgIpc) is 2.45. The molecule has 0 saturated carbocycles. The van der Waals surface area contributed by atoms with E-state index in [4.69, 9.17) is 0 Å². The van der Waals surface area contributed by atoms with Crippen LogP contribution in [0.2, 0.25) is 0 Å². The zero-order chi connectivity index (χ0) is 16.5. The number of hydrogen-bond acceptors (Lipinski definition) is 5. The van der Waals surface area contributed by atoms with Crippen LogP contribution in [0, 0.1) is 0 Å². The monoisotopic (exact) mass is 324 g/mol. The van der Waals surface area contributed by atoms with E-state index in [1.807, 2.05) is 0 Å². The predicted octanol–water partition coefficient (Wildman–Crippen LogP) is 2.39. The summed E-state index contributed by atoms with van der Waals surface area (Å²) in [6, 6.07) is 0. The third kappa shape index (κ3) is 3.13. The lowest BCUT2D eigenvalue weighted by molar-refractivity contribution is -0.143. The molecule has 5 nitrogen and oxygen atoms in total. The van der Waals surface area contributed by atoms with Gasteiger partial charge in [-0.25, -0.2) is 19.9 Å². The fourth-order valence-electron chi connectivity index (χ4n) is 1.72. The van der Waals surface area contributed by atoms with Gasteiger partial charge < -0.3 is 5.11 Å². The van der Waals surface area contributed by atoms with Crippen molar-refractivity contribution in [1.82, 2.24) is 19.9 Å². The van der Waals surface area contributed by atoms with Gasteiger partial charge in [-0.1, -0.05) is 0 Å². The van der Waals surface area contributed by atoms with E-state index in [0.29, 0.717) is 25.0 Å². The van der Waals surface area contributed by atoms with Gasteiger partial charge in [0, 0.05) is 23.5 Å². The van der Waals surface area contributed by atoms with E-state index in [0.717, 1.165) is 0 Å². The van der Waals surface area contributed by atoms with Crippen LogP contribution in [0.4, 0.5) is 26.3 Å². The molecule has 0 fully saturated rings. The first-order chi connectivity index (χ1) is 10.1. The number of aromatic nitrogens is 4. The molecule has 0 bridgehead atoms. The van der Waals surface area contributed by atoms with Gasteiger partial charge in [0.05, 0.1) is 0 Å². The summed E-state index contributed by atoms with van der Waals surface area (Å²) in [5, 5.41) is 9.92. The lowest BCUT2D eigenvalue weighted by Gasteiger charge is -2.18. The van der Waals surface area contributed by atoms with E-state index >= 15 is 0 Å². The maximum atomic E-state index is 12.8. The van der Waals surface area contributed by atoms with Crippen molar-refractivity contribution in [2.75, 3.05) is 0 Å².